The number of para-hydroxylation sites is 1. The SMILES string of the molecule is COc1cccc2c(C)cc(SCCC(=O)Nc3cc(Cl)ccc3C)nc12. The molecule has 1 heterocycles. The monoisotopic (exact) mass is 400 g/mol. The first kappa shape index (κ1) is 19.5. The minimum absolute atomic E-state index is 0.0389. The van der Waals surface area contributed by atoms with E-state index in [9.17, 15) is 4.79 Å². The van der Waals surface area contributed by atoms with Crippen LogP contribution in [-0.4, -0.2) is 23.8 Å². The number of carbonyl (C=O) groups excluding carboxylic acids is 1. The van der Waals surface area contributed by atoms with E-state index in [1.165, 1.54) is 0 Å². The Bertz CT molecular complexity index is 991. The van der Waals surface area contributed by atoms with Crippen molar-refractivity contribution >= 4 is 45.9 Å². The molecule has 1 aromatic heterocycles. The Morgan fingerprint density at radius 3 is 2.78 bits per heavy atom. The van der Waals surface area contributed by atoms with Gasteiger partial charge in [-0.3, -0.25) is 4.79 Å². The molecule has 0 unspecified atom stereocenters. The number of ether oxygens (including phenoxy) is 1. The molecule has 0 radical (unpaired) electrons. The Kier molecular flexibility index (Phi) is 6.24. The molecule has 0 bridgehead atoms. The molecule has 3 aromatic rings. The third kappa shape index (κ3) is 4.73. The number of rotatable bonds is 6. The van der Waals surface area contributed by atoms with E-state index in [-0.39, 0.29) is 5.91 Å². The smallest absolute Gasteiger partial charge is 0.225 e. The fourth-order valence-corrected chi connectivity index (χ4v) is 3.87. The highest BCUT2D eigenvalue weighted by Gasteiger charge is 2.10. The number of anilines is 1. The first-order valence-electron chi connectivity index (χ1n) is 8.61. The quantitative estimate of drug-likeness (QED) is 0.544. The van der Waals surface area contributed by atoms with Crippen LogP contribution in [0.25, 0.3) is 10.9 Å². The Morgan fingerprint density at radius 1 is 1.19 bits per heavy atom. The van der Waals surface area contributed by atoms with Gasteiger partial charge >= 0.3 is 0 Å². The molecular weight excluding hydrogens is 380 g/mol. The van der Waals surface area contributed by atoms with Crippen molar-refractivity contribution < 1.29 is 9.53 Å². The summed E-state index contributed by atoms with van der Waals surface area (Å²) in [5.41, 5.74) is 3.73. The number of halogens is 1. The second-order valence-electron chi connectivity index (χ2n) is 6.24. The normalized spacial score (nSPS) is 10.8. The van der Waals surface area contributed by atoms with Gasteiger partial charge in [0.05, 0.1) is 12.1 Å². The van der Waals surface area contributed by atoms with Gasteiger partial charge in [0, 0.05) is 28.3 Å². The zero-order valence-electron chi connectivity index (χ0n) is 15.5. The van der Waals surface area contributed by atoms with Crippen LogP contribution in [0, 0.1) is 13.8 Å². The molecule has 0 aliphatic rings. The molecular formula is C21H21ClN2O2S. The fraction of sp³-hybridized carbons (Fsp3) is 0.238. The number of benzene rings is 2. The van der Waals surface area contributed by atoms with E-state index < -0.39 is 0 Å². The number of aromatic nitrogens is 1. The van der Waals surface area contributed by atoms with Crippen LogP contribution in [0.15, 0.2) is 47.5 Å². The van der Waals surface area contributed by atoms with Gasteiger partial charge in [0.2, 0.25) is 5.91 Å². The van der Waals surface area contributed by atoms with Crippen LogP contribution in [0.2, 0.25) is 5.02 Å². The van der Waals surface area contributed by atoms with Crippen LogP contribution in [0.5, 0.6) is 5.75 Å². The first-order chi connectivity index (χ1) is 13.0. The Hall–Kier alpha value is -2.24. The fourth-order valence-electron chi connectivity index (χ4n) is 2.79. The van der Waals surface area contributed by atoms with E-state index in [0.29, 0.717) is 17.2 Å². The summed E-state index contributed by atoms with van der Waals surface area (Å²) in [6.45, 7) is 4.00. The summed E-state index contributed by atoms with van der Waals surface area (Å²) in [6, 6.07) is 13.4. The molecule has 4 nitrogen and oxygen atoms in total. The standard InChI is InChI=1S/C21H21ClN2O2S/c1-13-7-8-15(22)12-17(13)23-19(25)9-10-27-20-11-14(2)16-5-4-6-18(26-3)21(16)24-20/h4-8,11-12H,9-10H2,1-3H3,(H,23,25). The molecule has 0 aliphatic carbocycles. The van der Waals surface area contributed by atoms with Crippen LogP contribution in [0.1, 0.15) is 17.5 Å². The van der Waals surface area contributed by atoms with Gasteiger partial charge in [0.1, 0.15) is 11.3 Å². The Morgan fingerprint density at radius 2 is 2.00 bits per heavy atom. The number of hydrogen-bond acceptors (Lipinski definition) is 4. The molecule has 1 amide bonds. The maximum atomic E-state index is 12.2. The molecule has 0 spiro atoms. The lowest BCUT2D eigenvalue weighted by Gasteiger charge is -2.10. The highest BCUT2D eigenvalue weighted by molar-refractivity contribution is 7.99. The largest absolute Gasteiger partial charge is 0.494 e. The van der Waals surface area contributed by atoms with Crippen molar-refractivity contribution in [2.45, 2.75) is 25.3 Å². The van der Waals surface area contributed by atoms with E-state index in [1.54, 1.807) is 24.9 Å². The number of fused-ring (bicyclic) bond motifs is 1. The lowest BCUT2D eigenvalue weighted by Crippen LogP contribution is -2.13. The number of hydrogen-bond donors (Lipinski definition) is 1. The number of methoxy groups -OCH3 is 1. The minimum Gasteiger partial charge on any atom is -0.494 e. The number of amides is 1. The topological polar surface area (TPSA) is 51.2 Å². The minimum atomic E-state index is -0.0389. The van der Waals surface area contributed by atoms with Gasteiger partial charge in [0.15, 0.2) is 0 Å². The summed E-state index contributed by atoms with van der Waals surface area (Å²) in [4.78, 5) is 16.9. The van der Waals surface area contributed by atoms with Crippen LogP contribution in [0.4, 0.5) is 5.69 Å². The van der Waals surface area contributed by atoms with Crippen LogP contribution in [0.3, 0.4) is 0 Å². The summed E-state index contributed by atoms with van der Waals surface area (Å²) in [5.74, 6) is 1.36. The van der Waals surface area contributed by atoms with Crippen molar-refractivity contribution in [3.05, 3.63) is 58.6 Å². The summed E-state index contributed by atoms with van der Waals surface area (Å²) in [6.07, 6.45) is 0.390. The third-order valence-corrected chi connectivity index (χ3v) is 5.41. The van der Waals surface area contributed by atoms with Crippen LogP contribution < -0.4 is 10.1 Å². The molecule has 0 atom stereocenters. The third-order valence-electron chi connectivity index (χ3n) is 4.26. The predicted octanol–water partition coefficient (Wildman–Crippen LogP) is 5.63. The van der Waals surface area contributed by atoms with Gasteiger partial charge in [-0.05, 0) is 49.2 Å². The summed E-state index contributed by atoms with van der Waals surface area (Å²) in [7, 11) is 1.65. The van der Waals surface area contributed by atoms with Gasteiger partial charge in [-0.15, -0.1) is 11.8 Å². The zero-order valence-corrected chi connectivity index (χ0v) is 17.1. The van der Waals surface area contributed by atoms with Crippen LogP contribution >= 0.6 is 23.4 Å². The van der Waals surface area contributed by atoms with Gasteiger partial charge in [-0.25, -0.2) is 4.98 Å². The van der Waals surface area contributed by atoms with Crippen molar-refractivity contribution in [2.75, 3.05) is 18.2 Å². The number of thioether (sulfide) groups is 1. The zero-order chi connectivity index (χ0) is 19.4. The first-order valence-corrected chi connectivity index (χ1v) is 9.97. The highest BCUT2D eigenvalue weighted by atomic mass is 35.5. The number of pyridine rings is 1. The number of nitrogens with zero attached hydrogens (tertiary/aromatic N) is 1. The van der Waals surface area contributed by atoms with Gasteiger partial charge < -0.3 is 10.1 Å². The van der Waals surface area contributed by atoms with Gasteiger partial charge in [-0.1, -0.05) is 29.8 Å². The Labute approximate surface area is 168 Å². The molecule has 1 N–H and O–H groups in total. The maximum Gasteiger partial charge on any atom is 0.225 e. The average molecular weight is 401 g/mol. The summed E-state index contributed by atoms with van der Waals surface area (Å²) in [5, 5.41) is 5.49. The number of carbonyl (C=O) groups is 1. The van der Waals surface area contributed by atoms with E-state index in [2.05, 4.69) is 12.2 Å². The molecule has 0 saturated heterocycles. The maximum absolute atomic E-state index is 12.2. The van der Waals surface area contributed by atoms with Crippen molar-refractivity contribution in [2.24, 2.45) is 0 Å². The molecule has 6 heteroatoms. The van der Waals surface area contributed by atoms with Crippen molar-refractivity contribution in [3.63, 3.8) is 0 Å². The van der Waals surface area contributed by atoms with Crippen molar-refractivity contribution in [3.8, 4) is 5.75 Å². The van der Waals surface area contributed by atoms with Gasteiger partial charge in [0.25, 0.3) is 0 Å². The highest BCUT2D eigenvalue weighted by Crippen LogP contribution is 2.30. The second-order valence-corrected chi connectivity index (χ2v) is 7.79. The van der Waals surface area contributed by atoms with Crippen LogP contribution in [-0.2, 0) is 4.79 Å². The molecule has 27 heavy (non-hydrogen) atoms. The Balaban J connectivity index is 1.65. The van der Waals surface area contributed by atoms with E-state index >= 15 is 0 Å². The average Bonchev–Trinajstić information content (AvgIpc) is 2.64. The molecule has 0 saturated carbocycles. The summed E-state index contributed by atoms with van der Waals surface area (Å²) < 4.78 is 5.42. The molecule has 3 rings (SSSR count). The number of nitrogens with one attached hydrogen (secondary N) is 1. The lowest BCUT2D eigenvalue weighted by molar-refractivity contribution is -0.115. The lowest BCUT2D eigenvalue weighted by atomic mass is 10.1. The second kappa shape index (κ2) is 8.63. The molecule has 0 fully saturated rings. The van der Waals surface area contributed by atoms with Crippen molar-refractivity contribution in [1.82, 2.24) is 4.98 Å². The predicted molar refractivity (Wildman–Crippen MR) is 113 cm³/mol. The molecule has 0 aliphatic heterocycles. The van der Waals surface area contributed by atoms with Gasteiger partial charge in [-0.2, -0.15) is 0 Å². The van der Waals surface area contributed by atoms with E-state index in [4.69, 9.17) is 21.3 Å². The number of aryl methyl sites for hydroxylation is 2. The van der Waals surface area contributed by atoms with Crippen molar-refractivity contribution in [1.29, 1.82) is 0 Å². The molecule has 2 aromatic carbocycles. The van der Waals surface area contributed by atoms with E-state index in [1.807, 2.05) is 43.3 Å². The molecule has 140 valence electrons. The van der Waals surface area contributed by atoms with E-state index in [0.717, 1.165) is 38.5 Å². The summed E-state index contributed by atoms with van der Waals surface area (Å²) >= 11 is 7.56.